The van der Waals surface area contributed by atoms with Crippen LogP contribution in [0.25, 0.3) is 39.2 Å². The van der Waals surface area contributed by atoms with E-state index < -0.39 is 0 Å². The zero-order chi connectivity index (χ0) is 22.5. The van der Waals surface area contributed by atoms with Crippen LogP contribution in [0.15, 0.2) is 67.3 Å². The Bertz CT molecular complexity index is 1410. The second-order valence-corrected chi connectivity index (χ2v) is 8.70. The van der Waals surface area contributed by atoms with Crippen LogP contribution in [0.2, 0.25) is 0 Å². The van der Waals surface area contributed by atoms with E-state index in [1.807, 2.05) is 35.1 Å². The van der Waals surface area contributed by atoms with Gasteiger partial charge in [-0.05, 0) is 62.7 Å². The van der Waals surface area contributed by atoms with Crippen molar-refractivity contribution in [3.8, 4) is 28.2 Å². The summed E-state index contributed by atoms with van der Waals surface area (Å²) in [4.78, 5) is 13.3. The Morgan fingerprint density at radius 2 is 1.69 bits per heavy atom. The molecule has 3 heterocycles. The highest BCUT2D eigenvalue weighted by atomic mass is 15.3. The van der Waals surface area contributed by atoms with Crippen molar-refractivity contribution in [2.75, 3.05) is 11.5 Å². The lowest BCUT2D eigenvalue weighted by molar-refractivity contribution is 0.413. The smallest absolute Gasteiger partial charge is 0.219 e. The van der Waals surface area contributed by atoms with Crippen molar-refractivity contribution in [2.45, 2.75) is 26.3 Å². The van der Waals surface area contributed by atoms with Crippen LogP contribution < -0.4 is 11.5 Å². The van der Waals surface area contributed by atoms with E-state index >= 15 is 0 Å². The van der Waals surface area contributed by atoms with E-state index in [9.17, 15) is 0 Å². The molecule has 0 radical (unpaired) electrons. The van der Waals surface area contributed by atoms with Gasteiger partial charge in [0.1, 0.15) is 5.82 Å². The quantitative estimate of drug-likeness (QED) is 0.418. The van der Waals surface area contributed by atoms with Crippen LogP contribution in [-0.2, 0) is 5.54 Å². The molecule has 0 aliphatic carbocycles. The van der Waals surface area contributed by atoms with Gasteiger partial charge < -0.3 is 16.0 Å². The van der Waals surface area contributed by atoms with Crippen molar-refractivity contribution in [3.63, 3.8) is 0 Å². The summed E-state index contributed by atoms with van der Waals surface area (Å²) in [6.07, 6.45) is 7.11. The third-order valence-corrected chi connectivity index (χ3v) is 5.34. The summed E-state index contributed by atoms with van der Waals surface area (Å²) >= 11 is 0. The third-order valence-electron chi connectivity index (χ3n) is 5.34. The molecule has 0 fully saturated rings. The van der Waals surface area contributed by atoms with E-state index in [1.54, 1.807) is 18.6 Å². The largest absolute Gasteiger partial charge is 0.399 e. The molecule has 0 aliphatic heterocycles. The lowest BCUT2D eigenvalue weighted by atomic mass is 10.0. The van der Waals surface area contributed by atoms with Gasteiger partial charge in [0.2, 0.25) is 5.95 Å². The molecule has 8 heteroatoms. The van der Waals surface area contributed by atoms with Crippen LogP contribution in [0.5, 0.6) is 0 Å². The minimum atomic E-state index is -0.220. The number of nitrogen functional groups attached to an aromatic ring is 2. The van der Waals surface area contributed by atoms with E-state index in [0.29, 0.717) is 5.69 Å². The molecule has 3 aromatic heterocycles. The number of anilines is 2. The van der Waals surface area contributed by atoms with E-state index in [0.717, 1.165) is 39.2 Å². The standard InChI is InChI=1S/C24H24N8/c1-24(2,3)32-21-7-5-15(16-13-27-23(26)28-14-16)11-19(21)30-22(32)18-12-17(25)6-8-20(18)31-10-4-9-29-31/h4-14H,25H2,1-3H3,(H2,26,27,28). The Hall–Kier alpha value is -4.20. The number of imidazole rings is 1. The first-order chi connectivity index (χ1) is 15.3. The van der Waals surface area contributed by atoms with Crippen molar-refractivity contribution in [1.82, 2.24) is 29.3 Å². The van der Waals surface area contributed by atoms with Crippen LogP contribution in [-0.4, -0.2) is 29.3 Å². The molecule has 0 unspecified atom stereocenters. The molecule has 5 rings (SSSR count). The molecule has 32 heavy (non-hydrogen) atoms. The minimum Gasteiger partial charge on any atom is -0.399 e. The maximum Gasteiger partial charge on any atom is 0.219 e. The average molecular weight is 425 g/mol. The Labute approximate surface area is 185 Å². The number of nitrogens with two attached hydrogens (primary N) is 2. The maximum atomic E-state index is 6.19. The predicted octanol–water partition coefficient (Wildman–Crippen LogP) is 4.27. The fraction of sp³-hybridized carbons (Fsp3) is 0.167. The Morgan fingerprint density at radius 1 is 0.906 bits per heavy atom. The van der Waals surface area contributed by atoms with Crippen LogP contribution in [0.4, 0.5) is 11.6 Å². The number of rotatable bonds is 3. The summed E-state index contributed by atoms with van der Waals surface area (Å²) in [6.45, 7) is 6.50. The molecule has 160 valence electrons. The summed E-state index contributed by atoms with van der Waals surface area (Å²) in [5, 5.41) is 4.42. The highest BCUT2D eigenvalue weighted by Gasteiger charge is 2.25. The van der Waals surface area contributed by atoms with Gasteiger partial charge in [-0.15, -0.1) is 0 Å². The van der Waals surface area contributed by atoms with Gasteiger partial charge >= 0.3 is 0 Å². The van der Waals surface area contributed by atoms with Gasteiger partial charge in [-0.1, -0.05) is 6.07 Å². The van der Waals surface area contributed by atoms with Crippen molar-refractivity contribution >= 4 is 22.7 Å². The normalized spacial score (nSPS) is 11.8. The van der Waals surface area contributed by atoms with Gasteiger partial charge in [0.25, 0.3) is 0 Å². The molecule has 5 aromatic rings. The fourth-order valence-electron chi connectivity index (χ4n) is 3.95. The third kappa shape index (κ3) is 3.35. The van der Waals surface area contributed by atoms with Gasteiger partial charge in [-0.25, -0.2) is 19.6 Å². The van der Waals surface area contributed by atoms with Gasteiger partial charge in [-0.3, -0.25) is 0 Å². The first kappa shape index (κ1) is 19.7. The van der Waals surface area contributed by atoms with Gasteiger partial charge in [-0.2, -0.15) is 5.10 Å². The van der Waals surface area contributed by atoms with Crippen molar-refractivity contribution in [3.05, 3.63) is 67.3 Å². The maximum absolute atomic E-state index is 6.19. The fourth-order valence-corrected chi connectivity index (χ4v) is 3.95. The van der Waals surface area contributed by atoms with Crippen LogP contribution in [0, 0.1) is 0 Å². The summed E-state index contributed by atoms with van der Waals surface area (Å²) in [5.74, 6) is 1.08. The molecule has 0 saturated carbocycles. The number of hydrogen-bond acceptors (Lipinski definition) is 6. The molecular weight excluding hydrogens is 400 g/mol. The highest BCUT2D eigenvalue weighted by Crippen LogP contribution is 2.36. The van der Waals surface area contributed by atoms with Crippen LogP contribution in [0.1, 0.15) is 20.8 Å². The van der Waals surface area contributed by atoms with Crippen molar-refractivity contribution < 1.29 is 0 Å². The number of benzene rings is 2. The molecule has 2 aromatic carbocycles. The second-order valence-electron chi connectivity index (χ2n) is 8.70. The average Bonchev–Trinajstić information content (AvgIpc) is 3.41. The zero-order valence-electron chi connectivity index (χ0n) is 18.2. The Kier molecular flexibility index (Phi) is 4.44. The van der Waals surface area contributed by atoms with Crippen LogP contribution >= 0.6 is 0 Å². The van der Waals surface area contributed by atoms with Gasteiger partial charge in [0, 0.05) is 47.1 Å². The molecule has 8 nitrogen and oxygen atoms in total. The number of aromatic nitrogens is 6. The summed E-state index contributed by atoms with van der Waals surface area (Å²) in [7, 11) is 0. The number of nitrogens with zero attached hydrogens (tertiary/aromatic N) is 6. The SMILES string of the molecule is CC(C)(C)n1c(-c2cc(N)ccc2-n2cccn2)nc2cc(-c3cnc(N)nc3)ccc21. The molecule has 0 amide bonds. The van der Waals surface area contributed by atoms with Gasteiger partial charge in [0.15, 0.2) is 0 Å². The highest BCUT2D eigenvalue weighted by molar-refractivity contribution is 5.87. The molecule has 4 N–H and O–H groups in total. The molecular formula is C24H24N8. The monoisotopic (exact) mass is 424 g/mol. The number of fused-ring (bicyclic) bond motifs is 1. The van der Waals surface area contributed by atoms with Crippen molar-refractivity contribution in [2.24, 2.45) is 0 Å². The lowest BCUT2D eigenvalue weighted by Gasteiger charge is -2.25. The minimum absolute atomic E-state index is 0.220. The Balaban J connectivity index is 1.77. The van der Waals surface area contributed by atoms with E-state index in [-0.39, 0.29) is 11.5 Å². The topological polar surface area (TPSA) is 113 Å². The Morgan fingerprint density at radius 3 is 2.38 bits per heavy atom. The molecule has 0 aliphatic rings. The predicted molar refractivity (Wildman–Crippen MR) is 127 cm³/mol. The number of hydrogen-bond donors (Lipinski definition) is 2. The molecule has 0 bridgehead atoms. The van der Waals surface area contributed by atoms with Crippen molar-refractivity contribution in [1.29, 1.82) is 0 Å². The molecule has 0 spiro atoms. The summed E-state index contributed by atoms with van der Waals surface area (Å²) in [6, 6.07) is 13.9. The molecule has 0 saturated heterocycles. The van der Waals surface area contributed by atoms with E-state index in [2.05, 4.69) is 58.6 Å². The summed E-state index contributed by atoms with van der Waals surface area (Å²) in [5.41, 5.74) is 17.9. The molecule has 0 atom stereocenters. The van der Waals surface area contributed by atoms with Crippen LogP contribution in [0.3, 0.4) is 0 Å². The second kappa shape index (κ2) is 7.19. The van der Waals surface area contributed by atoms with E-state index in [1.165, 1.54) is 0 Å². The first-order valence-corrected chi connectivity index (χ1v) is 10.3. The first-order valence-electron chi connectivity index (χ1n) is 10.3. The van der Waals surface area contributed by atoms with Gasteiger partial charge in [0.05, 0.1) is 16.7 Å². The lowest BCUT2D eigenvalue weighted by Crippen LogP contribution is -2.23. The summed E-state index contributed by atoms with van der Waals surface area (Å²) < 4.78 is 4.08. The zero-order valence-corrected chi connectivity index (χ0v) is 18.2. The van der Waals surface area contributed by atoms with E-state index in [4.69, 9.17) is 16.5 Å².